The fraction of sp³-hybridized carbons (Fsp3) is 0.583. The molecule has 3 rings (SSSR count). The van der Waals surface area contributed by atoms with E-state index in [1.165, 1.54) is 12.5 Å². The van der Waals surface area contributed by atoms with Gasteiger partial charge in [-0.3, -0.25) is 0 Å². The standard InChI is InChI=1S/C12H15N3O3/c16-12(17)8-6-13-7-14-11(8)15-4-5-18-10-3-1-2-9(10)15/h6-7,9-10H,1-5H2,(H,16,17). The molecule has 96 valence electrons. The van der Waals surface area contributed by atoms with Crippen LogP contribution in [0.4, 0.5) is 5.82 Å². The van der Waals surface area contributed by atoms with Crippen molar-refractivity contribution >= 4 is 11.8 Å². The molecule has 1 aromatic rings. The summed E-state index contributed by atoms with van der Waals surface area (Å²) in [6.45, 7) is 1.32. The molecule has 0 aromatic carbocycles. The summed E-state index contributed by atoms with van der Waals surface area (Å²) in [5.74, 6) is -0.454. The molecule has 1 aliphatic carbocycles. The molecule has 1 saturated carbocycles. The molecule has 1 N–H and O–H groups in total. The number of hydrogen-bond acceptors (Lipinski definition) is 5. The van der Waals surface area contributed by atoms with Crippen LogP contribution in [-0.2, 0) is 4.74 Å². The molecular formula is C12H15N3O3. The predicted molar refractivity (Wildman–Crippen MR) is 63.7 cm³/mol. The number of ether oxygens (including phenoxy) is 1. The van der Waals surface area contributed by atoms with Gasteiger partial charge in [-0.05, 0) is 19.3 Å². The number of carboxylic acids is 1. The maximum absolute atomic E-state index is 11.2. The van der Waals surface area contributed by atoms with E-state index < -0.39 is 5.97 Å². The zero-order valence-electron chi connectivity index (χ0n) is 9.95. The summed E-state index contributed by atoms with van der Waals surface area (Å²) in [5, 5.41) is 9.20. The third-order valence-electron chi connectivity index (χ3n) is 3.68. The number of anilines is 1. The summed E-state index contributed by atoms with van der Waals surface area (Å²) < 4.78 is 5.72. The lowest BCUT2D eigenvalue weighted by Gasteiger charge is -2.38. The Morgan fingerprint density at radius 3 is 3.22 bits per heavy atom. The minimum Gasteiger partial charge on any atom is -0.477 e. The monoisotopic (exact) mass is 249 g/mol. The van der Waals surface area contributed by atoms with Crippen LogP contribution in [0.1, 0.15) is 29.6 Å². The minimum absolute atomic E-state index is 0.171. The molecule has 0 spiro atoms. The van der Waals surface area contributed by atoms with Crippen molar-refractivity contribution in [1.82, 2.24) is 9.97 Å². The zero-order valence-corrected chi connectivity index (χ0v) is 9.95. The summed E-state index contributed by atoms with van der Waals surface area (Å²) in [6.07, 6.45) is 6.20. The smallest absolute Gasteiger partial charge is 0.341 e. The Kier molecular flexibility index (Phi) is 2.87. The van der Waals surface area contributed by atoms with Crippen molar-refractivity contribution in [3.8, 4) is 0 Å². The van der Waals surface area contributed by atoms with Crippen LogP contribution in [0.5, 0.6) is 0 Å². The van der Waals surface area contributed by atoms with E-state index in [-0.39, 0.29) is 17.7 Å². The molecule has 18 heavy (non-hydrogen) atoms. The summed E-state index contributed by atoms with van der Waals surface area (Å²) >= 11 is 0. The number of aromatic carboxylic acids is 1. The number of morpholine rings is 1. The Hall–Kier alpha value is -1.69. The number of hydrogen-bond donors (Lipinski definition) is 1. The third kappa shape index (κ3) is 1.82. The van der Waals surface area contributed by atoms with Gasteiger partial charge in [0.1, 0.15) is 17.7 Å². The summed E-state index contributed by atoms with van der Waals surface area (Å²) in [6, 6.07) is 0.256. The van der Waals surface area contributed by atoms with Gasteiger partial charge in [0.05, 0.1) is 18.8 Å². The predicted octanol–water partition coefficient (Wildman–Crippen LogP) is 0.932. The van der Waals surface area contributed by atoms with Gasteiger partial charge in [-0.15, -0.1) is 0 Å². The average Bonchev–Trinajstić information content (AvgIpc) is 2.86. The highest BCUT2D eigenvalue weighted by molar-refractivity contribution is 5.93. The van der Waals surface area contributed by atoms with Crippen molar-refractivity contribution in [2.45, 2.75) is 31.4 Å². The van der Waals surface area contributed by atoms with Crippen molar-refractivity contribution in [2.24, 2.45) is 0 Å². The highest BCUT2D eigenvalue weighted by Gasteiger charge is 2.37. The Labute approximate surface area is 105 Å². The van der Waals surface area contributed by atoms with Gasteiger partial charge < -0.3 is 14.7 Å². The highest BCUT2D eigenvalue weighted by Crippen LogP contribution is 2.33. The normalized spacial score (nSPS) is 27.0. The summed E-state index contributed by atoms with van der Waals surface area (Å²) in [5.41, 5.74) is 0.171. The lowest BCUT2D eigenvalue weighted by atomic mass is 10.1. The Morgan fingerprint density at radius 1 is 1.50 bits per heavy atom. The van der Waals surface area contributed by atoms with Crippen LogP contribution in [0.15, 0.2) is 12.5 Å². The number of rotatable bonds is 2. The maximum atomic E-state index is 11.2. The number of carbonyl (C=O) groups is 1. The Balaban J connectivity index is 1.96. The second-order valence-electron chi connectivity index (χ2n) is 4.67. The van der Waals surface area contributed by atoms with Gasteiger partial charge in [0, 0.05) is 12.7 Å². The lowest BCUT2D eigenvalue weighted by molar-refractivity contribution is 0.0251. The first-order valence-corrected chi connectivity index (χ1v) is 6.19. The molecule has 2 fully saturated rings. The molecular weight excluding hydrogens is 234 g/mol. The minimum atomic E-state index is -0.980. The van der Waals surface area contributed by atoms with Gasteiger partial charge in [-0.1, -0.05) is 0 Å². The Morgan fingerprint density at radius 2 is 2.39 bits per heavy atom. The topological polar surface area (TPSA) is 75.5 Å². The van der Waals surface area contributed by atoms with E-state index in [9.17, 15) is 9.90 Å². The molecule has 0 bridgehead atoms. The molecule has 2 atom stereocenters. The van der Waals surface area contributed by atoms with Crippen molar-refractivity contribution in [3.63, 3.8) is 0 Å². The fourth-order valence-electron chi connectivity index (χ4n) is 2.89. The quantitative estimate of drug-likeness (QED) is 0.840. The van der Waals surface area contributed by atoms with Crippen LogP contribution in [0.3, 0.4) is 0 Å². The largest absolute Gasteiger partial charge is 0.477 e. The molecule has 2 aliphatic rings. The van der Waals surface area contributed by atoms with Crippen molar-refractivity contribution in [2.75, 3.05) is 18.1 Å². The van der Waals surface area contributed by atoms with Crippen LogP contribution >= 0.6 is 0 Å². The van der Waals surface area contributed by atoms with Crippen LogP contribution in [-0.4, -0.2) is 46.3 Å². The van der Waals surface area contributed by atoms with E-state index in [1.807, 2.05) is 0 Å². The van der Waals surface area contributed by atoms with E-state index >= 15 is 0 Å². The van der Waals surface area contributed by atoms with Gasteiger partial charge in [-0.2, -0.15) is 0 Å². The number of aromatic nitrogens is 2. The van der Waals surface area contributed by atoms with E-state index in [1.54, 1.807) is 0 Å². The second-order valence-corrected chi connectivity index (χ2v) is 4.67. The van der Waals surface area contributed by atoms with Crippen LogP contribution in [0, 0.1) is 0 Å². The third-order valence-corrected chi connectivity index (χ3v) is 3.68. The molecule has 2 unspecified atom stereocenters. The van der Waals surface area contributed by atoms with Crippen LogP contribution in [0.25, 0.3) is 0 Å². The molecule has 6 nitrogen and oxygen atoms in total. The average molecular weight is 249 g/mol. The molecule has 2 heterocycles. The number of fused-ring (bicyclic) bond motifs is 1. The summed E-state index contributed by atoms with van der Waals surface area (Å²) in [7, 11) is 0. The molecule has 0 radical (unpaired) electrons. The molecule has 6 heteroatoms. The first kappa shape index (κ1) is 11.4. The summed E-state index contributed by atoms with van der Waals surface area (Å²) in [4.78, 5) is 21.3. The molecule has 1 aromatic heterocycles. The maximum Gasteiger partial charge on any atom is 0.341 e. The van der Waals surface area contributed by atoms with E-state index in [0.717, 1.165) is 19.3 Å². The fourth-order valence-corrected chi connectivity index (χ4v) is 2.89. The number of carboxylic acid groups (broad SMARTS) is 1. The first-order chi connectivity index (χ1) is 8.77. The van der Waals surface area contributed by atoms with E-state index in [4.69, 9.17) is 4.74 Å². The van der Waals surface area contributed by atoms with E-state index in [0.29, 0.717) is 19.0 Å². The lowest BCUT2D eigenvalue weighted by Crippen LogP contribution is -2.49. The molecule has 0 amide bonds. The first-order valence-electron chi connectivity index (χ1n) is 6.19. The van der Waals surface area contributed by atoms with Gasteiger partial charge in [-0.25, -0.2) is 14.8 Å². The van der Waals surface area contributed by atoms with Crippen molar-refractivity contribution in [3.05, 3.63) is 18.1 Å². The van der Waals surface area contributed by atoms with Crippen LogP contribution < -0.4 is 4.90 Å². The molecule has 1 aliphatic heterocycles. The second kappa shape index (κ2) is 4.53. The molecule has 1 saturated heterocycles. The highest BCUT2D eigenvalue weighted by atomic mass is 16.5. The Bertz CT molecular complexity index is 466. The zero-order chi connectivity index (χ0) is 12.5. The van der Waals surface area contributed by atoms with Crippen LogP contribution in [0.2, 0.25) is 0 Å². The SMILES string of the molecule is O=C(O)c1cncnc1N1CCOC2CCCC21. The number of nitrogens with zero attached hydrogens (tertiary/aromatic N) is 3. The van der Waals surface area contributed by atoms with Gasteiger partial charge in [0.25, 0.3) is 0 Å². The van der Waals surface area contributed by atoms with Gasteiger partial charge in [0.15, 0.2) is 0 Å². The van der Waals surface area contributed by atoms with Gasteiger partial charge in [0.2, 0.25) is 0 Å². The van der Waals surface area contributed by atoms with Crippen molar-refractivity contribution < 1.29 is 14.6 Å². The van der Waals surface area contributed by atoms with Crippen molar-refractivity contribution in [1.29, 1.82) is 0 Å². The van der Waals surface area contributed by atoms with Gasteiger partial charge >= 0.3 is 5.97 Å². The van der Waals surface area contributed by atoms with E-state index in [2.05, 4.69) is 14.9 Å².